The van der Waals surface area contributed by atoms with E-state index in [9.17, 15) is 0 Å². The average Bonchev–Trinajstić information content (AvgIpc) is 2.50. The van der Waals surface area contributed by atoms with Crippen LogP contribution in [0.2, 0.25) is 18.1 Å². The first-order valence-electron chi connectivity index (χ1n) is 9.06. The summed E-state index contributed by atoms with van der Waals surface area (Å²) in [5.41, 5.74) is 1.08. The van der Waals surface area contributed by atoms with Crippen LogP contribution < -0.4 is 4.74 Å². The summed E-state index contributed by atoms with van der Waals surface area (Å²) in [6.07, 6.45) is 9.56. The molecule has 1 aromatic rings. The molecule has 0 saturated heterocycles. The van der Waals surface area contributed by atoms with Crippen LogP contribution in [-0.4, -0.2) is 14.9 Å². The number of benzene rings is 1. The molecule has 0 unspecified atom stereocenters. The van der Waals surface area contributed by atoms with Crippen LogP contribution in [0.3, 0.4) is 0 Å². The summed E-state index contributed by atoms with van der Waals surface area (Å²) < 4.78 is 12.6. The average molecular weight is 347 g/mol. The third-order valence-electron chi connectivity index (χ3n) is 4.82. The summed E-state index contributed by atoms with van der Waals surface area (Å²) in [6, 6.07) is 8.16. The molecule has 3 heteroatoms. The van der Waals surface area contributed by atoms with Crippen molar-refractivity contribution in [1.82, 2.24) is 0 Å². The maximum Gasteiger partial charge on any atom is 0.192 e. The molecule has 2 nitrogen and oxygen atoms in total. The van der Waals surface area contributed by atoms with E-state index in [-0.39, 0.29) is 11.1 Å². The standard InChI is InChI=1S/C21H34O2Si/c1-8-10-13-17-22-19-16-12-11-15-18(19)20(14-9-2)23-24(6,7)21(3,4)5/h2,11-12,15-16,20H,8,10,13-14,17H2,1,3-7H3/t20-/m0/s1. The molecule has 1 atom stereocenters. The van der Waals surface area contributed by atoms with Crippen LogP contribution in [0.1, 0.15) is 65.0 Å². The van der Waals surface area contributed by atoms with E-state index in [1.807, 2.05) is 18.2 Å². The molecule has 0 heterocycles. The minimum atomic E-state index is -1.91. The monoisotopic (exact) mass is 346 g/mol. The fraction of sp³-hybridized carbons (Fsp3) is 0.619. The predicted octanol–water partition coefficient (Wildman–Crippen LogP) is 6.34. The van der Waals surface area contributed by atoms with Gasteiger partial charge in [0.2, 0.25) is 0 Å². The zero-order chi connectivity index (χ0) is 18.2. The molecule has 24 heavy (non-hydrogen) atoms. The van der Waals surface area contributed by atoms with Gasteiger partial charge in [0.05, 0.1) is 12.7 Å². The van der Waals surface area contributed by atoms with Crippen LogP contribution in [0, 0.1) is 12.3 Å². The van der Waals surface area contributed by atoms with E-state index in [2.05, 4.69) is 52.8 Å². The first-order valence-corrected chi connectivity index (χ1v) is 12.0. The lowest BCUT2D eigenvalue weighted by Crippen LogP contribution is -2.41. The minimum Gasteiger partial charge on any atom is -0.493 e. The Bertz CT molecular complexity index is 538. The second-order valence-electron chi connectivity index (χ2n) is 7.87. The van der Waals surface area contributed by atoms with E-state index in [1.54, 1.807) is 0 Å². The Balaban J connectivity index is 2.98. The van der Waals surface area contributed by atoms with Crippen molar-refractivity contribution in [1.29, 1.82) is 0 Å². The van der Waals surface area contributed by atoms with E-state index in [0.29, 0.717) is 6.42 Å². The second kappa shape index (κ2) is 9.29. The number of rotatable bonds is 9. The first-order chi connectivity index (χ1) is 11.2. The highest BCUT2D eigenvalue weighted by molar-refractivity contribution is 6.74. The van der Waals surface area contributed by atoms with E-state index in [0.717, 1.165) is 24.3 Å². The van der Waals surface area contributed by atoms with Crippen LogP contribution in [-0.2, 0) is 4.43 Å². The maximum atomic E-state index is 6.61. The van der Waals surface area contributed by atoms with Gasteiger partial charge in [-0.2, -0.15) is 0 Å². The lowest BCUT2D eigenvalue weighted by Gasteiger charge is -2.39. The van der Waals surface area contributed by atoms with Crippen molar-refractivity contribution in [2.45, 2.75) is 77.6 Å². The molecule has 1 aromatic carbocycles. The molecular formula is C21H34O2Si. The van der Waals surface area contributed by atoms with Crippen LogP contribution in [0.5, 0.6) is 5.75 Å². The minimum absolute atomic E-state index is 0.0988. The molecule has 0 fully saturated rings. The molecule has 0 aliphatic heterocycles. The molecule has 0 spiro atoms. The summed E-state index contributed by atoms with van der Waals surface area (Å²) in [6.45, 7) is 14.2. The summed E-state index contributed by atoms with van der Waals surface area (Å²) in [7, 11) is -1.91. The van der Waals surface area contributed by atoms with Crippen LogP contribution in [0.4, 0.5) is 0 Å². The summed E-state index contributed by atoms with van der Waals surface area (Å²) in [4.78, 5) is 0. The lowest BCUT2D eigenvalue weighted by molar-refractivity contribution is 0.181. The molecular weight excluding hydrogens is 312 g/mol. The Morgan fingerprint density at radius 2 is 1.83 bits per heavy atom. The van der Waals surface area contributed by atoms with Crippen LogP contribution in [0.15, 0.2) is 24.3 Å². The fourth-order valence-electron chi connectivity index (χ4n) is 2.27. The Hall–Kier alpha value is -1.24. The van der Waals surface area contributed by atoms with E-state index < -0.39 is 8.32 Å². The lowest BCUT2D eigenvalue weighted by atomic mass is 10.1. The van der Waals surface area contributed by atoms with Crippen molar-refractivity contribution in [3.8, 4) is 18.1 Å². The Morgan fingerprint density at radius 1 is 1.17 bits per heavy atom. The molecule has 0 aliphatic rings. The molecule has 0 amide bonds. The number of unbranched alkanes of at least 4 members (excludes halogenated alkanes) is 2. The highest BCUT2D eigenvalue weighted by Gasteiger charge is 2.39. The van der Waals surface area contributed by atoms with Gasteiger partial charge in [0.15, 0.2) is 8.32 Å². The smallest absolute Gasteiger partial charge is 0.192 e. The molecule has 1 rings (SSSR count). The van der Waals surface area contributed by atoms with Gasteiger partial charge in [-0.25, -0.2) is 0 Å². The van der Waals surface area contributed by atoms with Gasteiger partial charge >= 0.3 is 0 Å². The second-order valence-corrected chi connectivity index (χ2v) is 12.6. The third-order valence-corrected chi connectivity index (χ3v) is 9.30. The molecule has 134 valence electrons. The normalized spacial score (nSPS) is 13.4. The summed E-state index contributed by atoms with van der Waals surface area (Å²) >= 11 is 0. The van der Waals surface area contributed by atoms with Crippen LogP contribution >= 0.6 is 0 Å². The van der Waals surface area contributed by atoms with Crippen molar-refractivity contribution in [3.63, 3.8) is 0 Å². The van der Waals surface area contributed by atoms with Gasteiger partial charge in [0.1, 0.15) is 5.75 Å². The third kappa shape index (κ3) is 6.00. The highest BCUT2D eigenvalue weighted by Crippen LogP contribution is 2.41. The molecule has 0 aliphatic carbocycles. The van der Waals surface area contributed by atoms with E-state index in [4.69, 9.17) is 15.6 Å². The number of hydrogen-bond donors (Lipinski definition) is 0. The first kappa shape index (κ1) is 20.8. The highest BCUT2D eigenvalue weighted by atomic mass is 28.4. The molecule has 0 N–H and O–H groups in total. The van der Waals surface area contributed by atoms with Crippen molar-refractivity contribution in [2.24, 2.45) is 0 Å². The van der Waals surface area contributed by atoms with Gasteiger partial charge in [-0.05, 0) is 30.6 Å². The summed E-state index contributed by atoms with van der Waals surface area (Å²) in [5, 5.41) is 0.150. The van der Waals surface area contributed by atoms with Crippen molar-refractivity contribution in [3.05, 3.63) is 29.8 Å². The Labute approximate surface area is 150 Å². The van der Waals surface area contributed by atoms with E-state index in [1.165, 1.54) is 12.8 Å². The molecule has 0 bridgehead atoms. The molecule has 0 radical (unpaired) electrons. The van der Waals surface area contributed by atoms with Crippen molar-refractivity contribution >= 4 is 8.32 Å². The maximum absolute atomic E-state index is 6.61. The zero-order valence-electron chi connectivity index (χ0n) is 16.3. The van der Waals surface area contributed by atoms with Gasteiger partial charge in [0, 0.05) is 12.0 Å². The van der Waals surface area contributed by atoms with Gasteiger partial charge in [-0.1, -0.05) is 58.7 Å². The van der Waals surface area contributed by atoms with E-state index >= 15 is 0 Å². The number of ether oxygens (including phenoxy) is 1. The fourth-order valence-corrected chi connectivity index (χ4v) is 3.54. The van der Waals surface area contributed by atoms with Crippen molar-refractivity contribution < 1.29 is 9.16 Å². The molecule has 0 saturated carbocycles. The predicted molar refractivity (Wildman–Crippen MR) is 106 cm³/mol. The van der Waals surface area contributed by atoms with Gasteiger partial charge in [-0.3, -0.25) is 0 Å². The SMILES string of the molecule is C#CC[C@H](O[Si](C)(C)C(C)(C)C)c1ccccc1OCCCCC. The van der Waals surface area contributed by atoms with Crippen LogP contribution in [0.25, 0.3) is 0 Å². The Kier molecular flexibility index (Phi) is 8.06. The van der Waals surface area contributed by atoms with Crippen molar-refractivity contribution in [2.75, 3.05) is 6.61 Å². The number of para-hydroxylation sites is 1. The Morgan fingerprint density at radius 3 is 2.42 bits per heavy atom. The van der Waals surface area contributed by atoms with Gasteiger partial charge < -0.3 is 9.16 Å². The largest absolute Gasteiger partial charge is 0.493 e. The zero-order valence-corrected chi connectivity index (χ0v) is 17.3. The number of hydrogen-bond acceptors (Lipinski definition) is 2. The number of terminal acetylenes is 1. The van der Waals surface area contributed by atoms with Gasteiger partial charge in [0.25, 0.3) is 0 Å². The summed E-state index contributed by atoms with van der Waals surface area (Å²) in [5.74, 6) is 3.70. The topological polar surface area (TPSA) is 18.5 Å². The van der Waals surface area contributed by atoms with Gasteiger partial charge in [-0.15, -0.1) is 12.3 Å². The molecule has 0 aromatic heterocycles. The quantitative estimate of drug-likeness (QED) is 0.295.